The predicted molar refractivity (Wildman–Crippen MR) is 127 cm³/mol. The largest absolute Gasteiger partial charge is 0.481 e. The number of benzene rings is 1. The third-order valence-electron chi connectivity index (χ3n) is 7.78. The van der Waals surface area contributed by atoms with Gasteiger partial charge in [0.1, 0.15) is 0 Å². The van der Waals surface area contributed by atoms with Crippen molar-refractivity contribution in [2.24, 2.45) is 23.2 Å². The number of aliphatic carboxylic acids is 1. The number of hydrogen-bond acceptors (Lipinski definition) is 3. The lowest BCUT2D eigenvalue weighted by molar-refractivity contribution is -0.137. The molecule has 3 saturated carbocycles. The zero-order chi connectivity index (χ0) is 22.2. The summed E-state index contributed by atoms with van der Waals surface area (Å²) in [6.45, 7) is 6.80. The summed E-state index contributed by atoms with van der Waals surface area (Å²) in [5.41, 5.74) is 2.30. The molecule has 0 aliphatic heterocycles. The van der Waals surface area contributed by atoms with Crippen molar-refractivity contribution in [2.45, 2.75) is 65.3 Å². The number of carboxylic acid groups (broad SMARTS) is 1. The number of aryl methyl sites for hydroxylation is 1. The summed E-state index contributed by atoms with van der Waals surface area (Å²) in [7, 11) is 0. The molecule has 0 spiro atoms. The van der Waals surface area contributed by atoms with Gasteiger partial charge < -0.3 is 10.4 Å². The lowest BCUT2D eigenvalue weighted by Crippen LogP contribution is -2.63. The van der Waals surface area contributed by atoms with Gasteiger partial charge in [-0.05, 0) is 84.6 Å². The standard InChI is InChI=1S/C26H33NO3S/c1-16-15-31-24-19(16)10-8-11-20(24)25(30)27-23-17(9-6-4-5-7-12-22(28)29)13-18-14-21(23)26(18,2)3/h4,6,8,10-11,15,17-18,21,23H,5,7,9,12-14H2,1-3H3,(H,27,30)(H,28,29)/t17-,18-,21-,23?/m1/s1. The van der Waals surface area contributed by atoms with E-state index in [1.165, 1.54) is 17.4 Å². The molecule has 3 aliphatic rings. The molecular formula is C26H33NO3S. The summed E-state index contributed by atoms with van der Waals surface area (Å²) in [5, 5.41) is 15.5. The van der Waals surface area contributed by atoms with E-state index in [1.54, 1.807) is 11.3 Å². The lowest BCUT2D eigenvalue weighted by atomic mass is 9.44. The number of allylic oxidation sites excluding steroid dienone is 2. The molecule has 1 aromatic carbocycles. The third kappa shape index (κ3) is 4.30. The quantitative estimate of drug-likeness (QED) is 0.381. The second-order valence-corrected chi connectivity index (χ2v) is 10.8. The van der Waals surface area contributed by atoms with Crippen LogP contribution in [0, 0.1) is 30.1 Å². The van der Waals surface area contributed by atoms with Gasteiger partial charge in [-0.15, -0.1) is 11.3 Å². The molecule has 2 N–H and O–H groups in total. The molecule has 4 atom stereocenters. The molecule has 5 rings (SSSR count). The number of fused-ring (bicyclic) bond motifs is 3. The number of amides is 1. The molecule has 1 amide bonds. The number of hydrogen-bond donors (Lipinski definition) is 2. The summed E-state index contributed by atoms with van der Waals surface area (Å²) in [4.78, 5) is 24.0. The summed E-state index contributed by atoms with van der Waals surface area (Å²) in [6, 6.07) is 6.21. The summed E-state index contributed by atoms with van der Waals surface area (Å²) < 4.78 is 1.08. The molecule has 3 aliphatic carbocycles. The number of carbonyl (C=O) groups is 2. The number of nitrogens with one attached hydrogen (secondary N) is 1. The Bertz CT molecular complexity index is 1010. The van der Waals surface area contributed by atoms with Gasteiger partial charge in [0.2, 0.25) is 0 Å². The maximum absolute atomic E-state index is 13.4. The molecule has 2 aromatic rings. The van der Waals surface area contributed by atoms with Crippen LogP contribution in [-0.4, -0.2) is 23.0 Å². The molecule has 2 bridgehead atoms. The fourth-order valence-electron chi connectivity index (χ4n) is 5.72. The molecule has 0 saturated heterocycles. The van der Waals surface area contributed by atoms with E-state index < -0.39 is 5.97 Å². The minimum absolute atomic E-state index is 0.0500. The lowest BCUT2D eigenvalue weighted by Gasteiger charge is -2.62. The highest BCUT2D eigenvalue weighted by Gasteiger charge is 2.57. The van der Waals surface area contributed by atoms with Crippen molar-refractivity contribution < 1.29 is 14.7 Å². The van der Waals surface area contributed by atoms with Gasteiger partial charge in [-0.1, -0.05) is 38.1 Å². The van der Waals surface area contributed by atoms with Crippen molar-refractivity contribution in [3.63, 3.8) is 0 Å². The fourth-order valence-corrected chi connectivity index (χ4v) is 6.79. The smallest absolute Gasteiger partial charge is 0.303 e. The second-order valence-electron chi connectivity index (χ2n) is 9.95. The van der Waals surface area contributed by atoms with Gasteiger partial charge in [0, 0.05) is 17.2 Å². The van der Waals surface area contributed by atoms with Crippen molar-refractivity contribution in [1.82, 2.24) is 5.32 Å². The highest BCUT2D eigenvalue weighted by Crippen LogP contribution is 2.61. The van der Waals surface area contributed by atoms with E-state index in [9.17, 15) is 9.59 Å². The minimum Gasteiger partial charge on any atom is -0.481 e. The van der Waals surface area contributed by atoms with E-state index in [4.69, 9.17) is 5.11 Å². The SMILES string of the molecule is Cc1csc2c(C(=O)NC3[C@H](CC=CCCCC(=O)O)C[C@@H]4C[C@H]3C4(C)C)cccc12. The van der Waals surface area contributed by atoms with Crippen LogP contribution in [0.15, 0.2) is 35.7 Å². The number of carbonyl (C=O) groups excluding carboxylic acids is 1. The molecule has 0 radical (unpaired) electrons. The van der Waals surface area contributed by atoms with Crippen LogP contribution in [-0.2, 0) is 4.79 Å². The molecule has 5 heteroatoms. The first-order valence-electron chi connectivity index (χ1n) is 11.4. The number of thiophene rings is 1. The summed E-state index contributed by atoms with van der Waals surface area (Å²) >= 11 is 1.65. The molecule has 4 nitrogen and oxygen atoms in total. The first kappa shape index (κ1) is 22.1. The Labute approximate surface area is 188 Å². The van der Waals surface area contributed by atoms with E-state index in [1.807, 2.05) is 12.1 Å². The zero-order valence-electron chi connectivity index (χ0n) is 18.7. The minimum atomic E-state index is -0.735. The molecule has 1 aromatic heterocycles. The number of unbranched alkanes of at least 4 members (excludes halogenated alkanes) is 1. The van der Waals surface area contributed by atoms with Crippen LogP contribution in [0.2, 0.25) is 0 Å². The predicted octanol–water partition coefficient (Wildman–Crippen LogP) is 6.19. The van der Waals surface area contributed by atoms with E-state index in [2.05, 4.69) is 49.7 Å². The Balaban J connectivity index is 1.47. The maximum atomic E-state index is 13.4. The monoisotopic (exact) mass is 439 g/mol. The average molecular weight is 440 g/mol. The highest BCUT2D eigenvalue weighted by atomic mass is 32.1. The van der Waals surface area contributed by atoms with Gasteiger partial charge in [0.05, 0.1) is 5.56 Å². The van der Waals surface area contributed by atoms with Crippen LogP contribution in [0.5, 0.6) is 0 Å². The zero-order valence-corrected chi connectivity index (χ0v) is 19.5. The van der Waals surface area contributed by atoms with Crippen LogP contribution in [0.1, 0.15) is 68.3 Å². The van der Waals surface area contributed by atoms with Gasteiger partial charge in [0.25, 0.3) is 5.91 Å². The van der Waals surface area contributed by atoms with E-state index >= 15 is 0 Å². The van der Waals surface area contributed by atoms with Crippen molar-refractivity contribution in [3.8, 4) is 0 Å². The molecule has 166 valence electrons. The normalized spacial score (nSPS) is 26.7. The second kappa shape index (κ2) is 8.78. The Morgan fingerprint density at radius 3 is 2.81 bits per heavy atom. The first-order valence-corrected chi connectivity index (χ1v) is 12.3. The van der Waals surface area contributed by atoms with Crippen molar-refractivity contribution in [3.05, 3.63) is 46.9 Å². The molecule has 31 heavy (non-hydrogen) atoms. The Morgan fingerprint density at radius 2 is 2.06 bits per heavy atom. The Kier molecular flexibility index (Phi) is 6.25. The van der Waals surface area contributed by atoms with Crippen LogP contribution >= 0.6 is 11.3 Å². The molecular weight excluding hydrogens is 406 g/mol. The number of rotatable bonds is 8. The topological polar surface area (TPSA) is 66.4 Å². The van der Waals surface area contributed by atoms with Gasteiger partial charge in [0.15, 0.2) is 0 Å². The van der Waals surface area contributed by atoms with Crippen LogP contribution < -0.4 is 5.32 Å². The van der Waals surface area contributed by atoms with Crippen molar-refractivity contribution in [1.29, 1.82) is 0 Å². The van der Waals surface area contributed by atoms with Crippen LogP contribution in [0.3, 0.4) is 0 Å². The first-order chi connectivity index (χ1) is 14.8. The maximum Gasteiger partial charge on any atom is 0.303 e. The van der Waals surface area contributed by atoms with Gasteiger partial charge in [-0.3, -0.25) is 9.59 Å². The Morgan fingerprint density at radius 1 is 1.26 bits per heavy atom. The molecule has 3 fully saturated rings. The van der Waals surface area contributed by atoms with Crippen molar-refractivity contribution in [2.75, 3.05) is 0 Å². The molecule has 1 heterocycles. The highest BCUT2D eigenvalue weighted by molar-refractivity contribution is 7.17. The van der Waals surface area contributed by atoms with Crippen LogP contribution in [0.25, 0.3) is 10.1 Å². The van der Waals surface area contributed by atoms with Gasteiger partial charge >= 0.3 is 5.97 Å². The summed E-state index contributed by atoms with van der Waals surface area (Å²) in [5.74, 6) is 1.01. The van der Waals surface area contributed by atoms with E-state index in [-0.39, 0.29) is 23.8 Å². The van der Waals surface area contributed by atoms with Crippen LogP contribution in [0.4, 0.5) is 0 Å². The van der Waals surface area contributed by atoms with E-state index in [0.29, 0.717) is 18.3 Å². The van der Waals surface area contributed by atoms with Crippen molar-refractivity contribution >= 4 is 33.3 Å². The number of carboxylic acids is 1. The average Bonchev–Trinajstić information content (AvgIpc) is 3.11. The third-order valence-corrected chi connectivity index (χ3v) is 8.92. The Hall–Kier alpha value is -2.14. The van der Waals surface area contributed by atoms with Gasteiger partial charge in [-0.25, -0.2) is 0 Å². The molecule has 1 unspecified atom stereocenters. The fraction of sp³-hybridized carbons (Fsp3) is 0.538. The summed E-state index contributed by atoms with van der Waals surface area (Å²) in [6.07, 6.45) is 9.32. The van der Waals surface area contributed by atoms with E-state index in [0.717, 1.165) is 35.4 Å². The van der Waals surface area contributed by atoms with Gasteiger partial charge in [-0.2, -0.15) is 0 Å².